The molecule has 0 radical (unpaired) electrons. The molecule has 0 aliphatic carbocycles. The van der Waals surface area contributed by atoms with E-state index in [0.717, 1.165) is 23.3 Å². The van der Waals surface area contributed by atoms with Gasteiger partial charge in [-0.15, -0.1) is 0 Å². The molecule has 0 spiro atoms. The molecular formula is C14H18N4S. The van der Waals surface area contributed by atoms with Gasteiger partial charge >= 0.3 is 0 Å². The Morgan fingerprint density at radius 3 is 3.00 bits per heavy atom. The van der Waals surface area contributed by atoms with Crippen LogP contribution in [0.3, 0.4) is 0 Å². The summed E-state index contributed by atoms with van der Waals surface area (Å²) >= 11 is 2.05. The fourth-order valence-electron chi connectivity index (χ4n) is 2.41. The Morgan fingerprint density at radius 1 is 1.26 bits per heavy atom. The summed E-state index contributed by atoms with van der Waals surface area (Å²) in [5, 5.41) is 5.17. The van der Waals surface area contributed by atoms with Crippen LogP contribution < -0.4 is 11.1 Å². The highest BCUT2D eigenvalue weighted by Crippen LogP contribution is 2.26. The molecule has 4 nitrogen and oxygen atoms in total. The number of hydrogen-bond donors (Lipinski definition) is 2. The molecule has 1 fully saturated rings. The maximum Gasteiger partial charge on any atom is 0.222 e. The molecule has 1 aromatic heterocycles. The largest absolute Gasteiger partial charge is 0.368 e. The molecule has 2 heterocycles. The molecule has 1 atom stereocenters. The van der Waals surface area contributed by atoms with Crippen LogP contribution in [0.15, 0.2) is 24.3 Å². The Bertz CT molecular complexity index is 566. The predicted octanol–water partition coefficient (Wildman–Crippen LogP) is 2.91. The van der Waals surface area contributed by atoms with Gasteiger partial charge in [0.15, 0.2) is 0 Å². The van der Waals surface area contributed by atoms with Crippen LogP contribution in [-0.4, -0.2) is 27.5 Å². The number of rotatable bonds is 3. The molecule has 1 aliphatic rings. The van der Waals surface area contributed by atoms with Crippen LogP contribution in [0.2, 0.25) is 0 Å². The van der Waals surface area contributed by atoms with Crippen LogP contribution in [0.25, 0.3) is 10.9 Å². The van der Waals surface area contributed by atoms with Crippen molar-refractivity contribution >= 4 is 34.4 Å². The molecule has 0 amide bonds. The van der Waals surface area contributed by atoms with Gasteiger partial charge in [0.1, 0.15) is 5.82 Å². The van der Waals surface area contributed by atoms with Gasteiger partial charge in [-0.05, 0) is 30.7 Å². The Labute approximate surface area is 117 Å². The van der Waals surface area contributed by atoms with Crippen LogP contribution in [0.5, 0.6) is 0 Å². The normalized spacial score (nSPS) is 19.5. The molecule has 5 heteroatoms. The third kappa shape index (κ3) is 2.92. The van der Waals surface area contributed by atoms with Crippen LogP contribution >= 0.6 is 11.8 Å². The fraction of sp³-hybridized carbons (Fsp3) is 0.429. The summed E-state index contributed by atoms with van der Waals surface area (Å²) < 4.78 is 0. The second kappa shape index (κ2) is 5.65. The minimum atomic E-state index is 0.331. The minimum absolute atomic E-state index is 0.331. The molecule has 1 aromatic carbocycles. The van der Waals surface area contributed by atoms with Crippen molar-refractivity contribution in [3.05, 3.63) is 24.3 Å². The lowest BCUT2D eigenvalue weighted by molar-refractivity contribution is 0.677. The minimum Gasteiger partial charge on any atom is -0.368 e. The molecule has 1 saturated heterocycles. The van der Waals surface area contributed by atoms with Gasteiger partial charge in [-0.3, -0.25) is 0 Å². The van der Waals surface area contributed by atoms with Crippen molar-refractivity contribution in [2.24, 2.45) is 0 Å². The number of nitrogen functional groups attached to an aromatic ring is 1. The number of fused-ring (bicyclic) bond motifs is 1. The number of nitrogens with zero attached hydrogens (tertiary/aromatic N) is 2. The zero-order chi connectivity index (χ0) is 13.1. The third-order valence-corrected chi connectivity index (χ3v) is 4.79. The number of anilines is 2. The lowest BCUT2D eigenvalue weighted by Gasteiger charge is -2.22. The monoisotopic (exact) mass is 274 g/mol. The first-order valence-electron chi connectivity index (χ1n) is 6.70. The van der Waals surface area contributed by atoms with Crippen molar-refractivity contribution in [2.45, 2.75) is 24.5 Å². The summed E-state index contributed by atoms with van der Waals surface area (Å²) in [7, 11) is 0. The van der Waals surface area contributed by atoms with Crippen molar-refractivity contribution in [1.29, 1.82) is 0 Å². The van der Waals surface area contributed by atoms with Gasteiger partial charge in [0, 0.05) is 17.2 Å². The summed E-state index contributed by atoms with van der Waals surface area (Å²) in [6, 6.07) is 7.97. The van der Waals surface area contributed by atoms with Crippen molar-refractivity contribution in [2.75, 3.05) is 23.3 Å². The van der Waals surface area contributed by atoms with Crippen molar-refractivity contribution in [3.63, 3.8) is 0 Å². The van der Waals surface area contributed by atoms with Crippen LogP contribution in [0, 0.1) is 0 Å². The van der Waals surface area contributed by atoms with Crippen LogP contribution in [-0.2, 0) is 0 Å². The molecule has 0 bridgehead atoms. The number of hydrogen-bond acceptors (Lipinski definition) is 5. The zero-order valence-electron chi connectivity index (χ0n) is 10.8. The SMILES string of the molecule is Nc1nc(NCC2CCCCS2)c2ccccc2n1. The van der Waals surface area contributed by atoms with E-state index in [2.05, 4.69) is 27.0 Å². The Kier molecular flexibility index (Phi) is 3.73. The Hall–Kier alpha value is -1.49. The summed E-state index contributed by atoms with van der Waals surface area (Å²) in [5.74, 6) is 2.46. The van der Waals surface area contributed by atoms with E-state index >= 15 is 0 Å². The number of thioether (sulfide) groups is 1. The van der Waals surface area contributed by atoms with E-state index in [9.17, 15) is 0 Å². The van der Waals surface area contributed by atoms with E-state index in [1.165, 1.54) is 25.0 Å². The smallest absolute Gasteiger partial charge is 0.222 e. The van der Waals surface area contributed by atoms with Gasteiger partial charge in [-0.2, -0.15) is 16.7 Å². The van der Waals surface area contributed by atoms with Crippen molar-refractivity contribution in [3.8, 4) is 0 Å². The summed E-state index contributed by atoms with van der Waals surface area (Å²) in [6.07, 6.45) is 3.98. The highest BCUT2D eigenvalue weighted by Gasteiger charge is 2.14. The second-order valence-corrected chi connectivity index (χ2v) is 6.23. The lowest BCUT2D eigenvalue weighted by atomic mass is 10.2. The van der Waals surface area contributed by atoms with E-state index in [-0.39, 0.29) is 0 Å². The number of para-hydroxylation sites is 1. The summed E-state index contributed by atoms with van der Waals surface area (Å²) in [4.78, 5) is 8.58. The van der Waals surface area contributed by atoms with Crippen molar-refractivity contribution in [1.82, 2.24) is 9.97 Å². The molecular weight excluding hydrogens is 256 g/mol. The Morgan fingerprint density at radius 2 is 2.16 bits per heavy atom. The van der Waals surface area contributed by atoms with Crippen LogP contribution in [0.4, 0.5) is 11.8 Å². The van der Waals surface area contributed by atoms with E-state index in [0.29, 0.717) is 11.2 Å². The highest BCUT2D eigenvalue weighted by atomic mass is 32.2. The molecule has 1 aliphatic heterocycles. The average Bonchev–Trinajstić information content (AvgIpc) is 2.45. The van der Waals surface area contributed by atoms with E-state index in [1.54, 1.807) is 0 Å². The first-order chi connectivity index (χ1) is 9.33. The first kappa shape index (κ1) is 12.5. The molecule has 1 unspecified atom stereocenters. The number of benzene rings is 1. The van der Waals surface area contributed by atoms with Gasteiger partial charge in [0.25, 0.3) is 0 Å². The second-order valence-electron chi connectivity index (χ2n) is 4.82. The number of aromatic nitrogens is 2. The molecule has 0 saturated carbocycles. The van der Waals surface area contributed by atoms with Gasteiger partial charge in [-0.1, -0.05) is 18.6 Å². The molecule has 19 heavy (non-hydrogen) atoms. The number of nitrogens with two attached hydrogens (primary N) is 1. The Balaban J connectivity index is 1.79. The van der Waals surface area contributed by atoms with Crippen LogP contribution in [0.1, 0.15) is 19.3 Å². The molecule has 2 aromatic rings. The number of nitrogens with one attached hydrogen (secondary N) is 1. The third-order valence-electron chi connectivity index (χ3n) is 3.39. The van der Waals surface area contributed by atoms with Gasteiger partial charge in [0.2, 0.25) is 5.95 Å². The van der Waals surface area contributed by atoms with E-state index in [1.807, 2.05) is 24.3 Å². The van der Waals surface area contributed by atoms with Gasteiger partial charge < -0.3 is 11.1 Å². The average molecular weight is 274 g/mol. The van der Waals surface area contributed by atoms with Gasteiger partial charge in [-0.25, -0.2) is 4.98 Å². The summed E-state index contributed by atoms with van der Waals surface area (Å²) in [6.45, 7) is 0.950. The summed E-state index contributed by atoms with van der Waals surface area (Å²) in [5.41, 5.74) is 6.66. The van der Waals surface area contributed by atoms with Crippen molar-refractivity contribution < 1.29 is 0 Å². The van der Waals surface area contributed by atoms with E-state index < -0.39 is 0 Å². The van der Waals surface area contributed by atoms with E-state index in [4.69, 9.17) is 5.73 Å². The standard InChI is InChI=1S/C14H18N4S/c15-14-17-12-7-2-1-6-11(12)13(18-14)16-9-10-5-3-4-8-19-10/h1-2,6-7,10H,3-5,8-9H2,(H3,15,16,17,18). The molecule has 3 N–H and O–H groups in total. The maximum atomic E-state index is 5.77. The maximum absolute atomic E-state index is 5.77. The zero-order valence-corrected chi connectivity index (χ0v) is 11.6. The molecule has 100 valence electrons. The van der Waals surface area contributed by atoms with Gasteiger partial charge in [0.05, 0.1) is 5.52 Å². The quantitative estimate of drug-likeness (QED) is 0.901. The predicted molar refractivity (Wildman–Crippen MR) is 82.5 cm³/mol. The molecule has 3 rings (SSSR count). The highest BCUT2D eigenvalue weighted by molar-refractivity contribution is 7.99. The topological polar surface area (TPSA) is 63.8 Å². The first-order valence-corrected chi connectivity index (χ1v) is 7.75. The fourth-order valence-corrected chi connectivity index (χ4v) is 3.65. The lowest BCUT2D eigenvalue weighted by Crippen LogP contribution is -2.20.